The predicted molar refractivity (Wildman–Crippen MR) is 84.1 cm³/mol. The lowest BCUT2D eigenvalue weighted by molar-refractivity contribution is -0.143. The van der Waals surface area contributed by atoms with Gasteiger partial charge in [0.1, 0.15) is 0 Å². The van der Waals surface area contributed by atoms with E-state index in [1.54, 1.807) is 30.3 Å². The molecular formula is C15H20N2O5S. The second kappa shape index (κ2) is 7.10. The van der Waals surface area contributed by atoms with Crippen molar-refractivity contribution in [1.29, 1.82) is 0 Å². The van der Waals surface area contributed by atoms with Crippen LogP contribution in [0.2, 0.25) is 0 Å². The maximum atomic E-state index is 12.4. The van der Waals surface area contributed by atoms with E-state index in [4.69, 9.17) is 0 Å². The van der Waals surface area contributed by atoms with E-state index < -0.39 is 33.9 Å². The first-order valence-corrected chi connectivity index (χ1v) is 9.17. The van der Waals surface area contributed by atoms with Gasteiger partial charge in [0.2, 0.25) is 15.9 Å². The van der Waals surface area contributed by atoms with Crippen LogP contribution in [0.3, 0.4) is 0 Å². The molecule has 1 unspecified atom stereocenters. The highest BCUT2D eigenvalue weighted by atomic mass is 32.2. The lowest BCUT2D eigenvalue weighted by Gasteiger charge is -2.30. The number of carbonyl (C=O) groups is 2. The maximum absolute atomic E-state index is 12.4. The number of nitrogens with zero attached hydrogens (tertiary/aromatic N) is 1. The minimum Gasteiger partial charge on any atom is -0.479 e. The first-order valence-electron chi connectivity index (χ1n) is 7.32. The predicted octanol–water partition coefficient (Wildman–Crippen LogP) is 0.600. The number of aliphatic carboxylic acids is 1. The summed E-state index contributed by atoms with van der Waals surface area (Å²) in [5.74, 6) is -2.13. The molecule has 126 valence electrons. The molecule has 0 spiro atoms. The molecular weight excluding hydrogens is 320 g/mol. The molecule has 0 radical (unpaired) electrons. The van der Waals surface area contributed by atoms with Crippen LogP contribution < -0.4 is 5.32 Å². The summed E-state index contributed by atoms with van der Waals surface area (Å²) in [6.45, 7) is 0.482. The van der Waals surface area contributed by atoms with Crippen molar-refractivity contribution in [2.75, 3.05) is 19.3 Å². The molecule has 2 rings (SSSR count). The number of carboxylic acids is 1. The molecule has 1 aromatic carbocycles. The van der Waals surface area contributed by atoms with E-state index in [0.29, 0.717) is 24.9 Å². The van der Waals surface area contributed by atoms with Crippen LogP contribution in [0.5, 0.6) is 0 Å². The van der Waals surface area contributed by atoms with Gasteiger partial charge in [0, 0.05) is 13.1 Å². The Kier molecular flexibility index (Phi) is 5.38. The molecule has 2 atom stereocenters. The number of benzene rings is 1. The summed E-state index contributed by atoms with van der Waals surface area (Å²) < 4.78 is 24.5. The molecule has 0 bridgehead atoms. The fourth-order valence-corrected chi connectivity index (χ4v) is 3.56. The average molecular weight is 340 g/mol. The van der Waals surface area contributed by atoms with Gasteiger partial charge in [-0.05, 0) is 18.4 Å². The quantitative estimate of drug-likeness (QED) is 0.817. The molecule has 1 fully saturated rings. The number of carboxylic acid groups (broad SMARTS) is 1. The minimum atomic E-state index is -3.35. The van der Waals surface area contributed by atoms with Crippen LogP contribution in [0.4, 0.5) is 0 Å². The van der Waals surface area contributed by atoms with E-state index in [2.05, 4.69) is 5.32 Å². The molecule has 1 aliphatic heterocycles. The highest BCUT2D eigenvalue weighted by Gasteiger charge is 2.32. The van der Waals surface area contributed by atoms with E-state index in [-0.39, 0.29) is 6.54 Å². The summed E-state index contributed by atoms with van der Waals surface area (Å²) in [6, 6.07) is 7.27. The van der Waals surface area contributed by atoms with Crippen molar-refractivity contribution < 1.29 is 23.1 Å². The first kappa shape index (κ1) is 17.4. The second-order valence-corrected chi connectivity index (χ2v) is 7.63. The third-order valence-corrected chi connectivity index (χ3v) is 5.16. The van der Waals surface area contributed by atoms with E-state index in [0.717, 1.165) is 6.26 Å². The molecule has 0 saturated carbocycles. The van der Waals surface area contributed by atoms with Crippen molar-refractivity contribution in [3.05, 3.63) is 35.9 Å². The summed E-state index contributed by atoms with van der Waals surface area (Å²) in [7, 11) is -3.35. The zero-order valence-corrected chi connectivity index (χ0v) is 13.6. The number of nitrogens with one attached hydrogen (secondary N) is 1. The summed E-state index contributed by atoms with van der Waals surface area (Å²) >= 11 is 0. The number of rotatable bonds is 5. The smallest absolute Gasteiger partial charge is 0.330 e. The molecule has 0 aliphatic carbocycles. The SMILES string of the molecule is CS(=O)(=O)N1CCCC(C(=O)N[C@@H](C(=O)O)c2ccccc2)C1. The molecule has 1 amide bonds. The molecule has 23 heavy (non-hydrogen) atoms. The molecule has 1 saturated heterocycles. The maximum Gasteiger partial charge on any atom is 0.330 e. The number of amides is 1. The van der Waals surface area contributed by atoms with Crippen LogP contribution in [-0.4, -0.2) is 49.1 Å². The Morgan fingerprint density at radius 2 is 1.96 bits per heavy atom. The third-order valence-electron chi connectivity index (χ3n) is 3.89. The van der Waals surface area contributed by atoms with Gasteiger partial charge < -0.3 is 10.4 Å². The average Bonchev–Trinajstić information content (AvgIpc) is 2.52. The normalized spacial score (nSPS) is 20.7. The highest BCUT2D eigenvalue weighted by Crippen LogP contribution is 2.21. The lowest BCUT2D eigenvalue weighted by atomic mass is 9.97. The molecule has 1 aliphatic rings. The van der Waals surface area contributed by atoms with Crippen molar-refractivity contribution in [3.63, 3.8) is 0 Å². The largest absolute Gasteiger partial charge is 0.479 e. The third kappa shape index (κ3) is 4.52. The topological polar surface area (TPSA) is 104 Å². The fraction of sp³-hybridized carbons (Fsp3) is 0.467. The van der Waals surface area contributed by atoms with Crippen LogP contribution >= 0.6 is 0 Å². The number of hydrogen-bond acceptors (Lipinski definition) is 4. The number of carbonyl (C=O) groups excluding carboxylic acids is 1. The zero-order chi connectivity index (χ0) is 17.0. The van der Waals surface area contributed by atoms with Crippen LogP contribution in [-0.2, 0) is 19.6 Å². The van der Waals surface area contributed by atoms with E-state index in [1.807, 2.05) is 0 Å². The first-order chi connectivity index (χ1) is 10.8. The van der Waals surface area contributed by atoms with E-state index in [1.165, 1.54) is 4.31 Å². The van der Waals surface area contributed by atoms with Gasteiger partial charge in [0.05, 0.1) is 12.2 Å². The Morgan fingerprint density at radius 1 is 1.30 bits per heavy atom. The van der Waals surface area contributed by atoms with Crippen molar-refractivity contribution >= 4 is 21.9 Å². The van der Waals surface area contributed by atoms with Gasteiger partial charge in [-0.15, -0.1) is 0 Å². The van der Waals surface area contributed by atoms with Crippen LogP contribution in [0.15, 0.2) is 30.3 Å². The monoisotopic (exact) mass is 340 g/mol. The number of sulfonamides is 1. The van der Waals surface area contributed by atoms with Gasteiger partial charge in [-0.2, -0.15) is 0 Å². The molecule has 0 aromatic heterocycles. The molecule has 7 nitrogen and oxygen atoms in total. The van der Waals surface area contributed by atoms with Gasteiger partial charge in [-0.25, -0.2) is 17.5 Å². The Labute approximate surface area is 135 Å². The second-order valence-electron chi connectivity index (χ2n) is 5.65. The summed E-state index contributed by atoms with van der Waals surface area (Å²) in [5, 5.41) is 11.8. The van der Waals surface area contributed by atoms with Gasteiger partial charge in [-0.1, -0.05) is 30.3 Å². The van der Waals surface area contributed by atoms with Crippen LogP contribution in [0, 0.1) is 5.92 Å². The lowest BCUT2D eigenvalue weighted by Crippen LogP contribution is -2.46. The van der Waals surface area contributed by atoms with Gasteiger partial charge in [-0.3, -0.25) is 4.79 Å². The van der Waals surface area contributed by atoms with Crippen molar-refractivity contribution in [2.24, 2.45) is 5.92 Å². The number of hydrogen-bond donors (Lipinski definition) is 2. The molecule has 1 aromatic rings. The minimum absolute atomic E-state index is 0.0891. The molecule has 1 heterocycles. The summed E-state index contributed by atoms with van der Waals surface area (Å²) in [6.07, 6.45) is 2.23. The van der Waals surface area contributed by atoms with Crippen molar-refractivity contribution in [1.82, 2.24) is 9.62 Å². The summed E-state index contributed by atoms with van der Waals surface area (Å²) in [4.78, 5) is 23.8. The van der Waals surface area contributed by atoms with E-state index >= 15 is 0 Å². The standard InChI is InChI=1S/C15H20N2O5S/c1-23(21,22)17-9-5-8-12(10-17)14(18)16-13(15(19)20)11-6-3-2-4-7-11/h2-4,6-7,12-13H,5,8-10H2,1H3,(H,16,18)(H,19,20)/t12?,13-/m1/s1. The van der Waals surface area contributed by atoms with Gasteiger partial charge >= 0.3 is 5.97 Å². The zero-order valence-electron chi connectivity index (χ0n) is 12.8. The Bertz CT molecular complexity index is 674. The summed E-state index contributed by atoms with van der Waals surface area (Å²) in [5.41, 5.74) is 0.476. The molecule has 8 heteroatoms. The van der Waals surface area contributed by atoms with Crippen molar-refractivity contribution in [3.8, 4) is 0 Å². The highest BCUT2D eigenvalue weighted by molar-refractivity contribution is 7.88. The van der Waals surface area contributed by atoms with Crippen molar-refractivity contribution in [2.45, 2.75) is 18.9 Å². The Balaban J connectivity index is 2.09. The Morgan fingerprint density at radius 3 is 2.52 bits per heavy atom. The number of piperidine rings is 1. The molecule has 2 N–H and O–H groups in total. The van der Waals surface area contributed by atoms with E-state index in [9.17, 15) is 23.1 Å². The van der Waals surface area contributed by atoms with Crippen LogP contribution in [0.1, 0.15) is 24.4 Å². The van der Waals surface area contributed by atoms with Gasteiger partial charge in [0.15, 0.2) is 6.04 Å². The fourth-order valence-electron chi connectivity index (χ4n) is 2.65. The Hall–Kier alpha value is -1.93. The van der Waals surface area contributed by atoms with Gasteiger partial charge in [0.25, 0.3) is 0 Å². The van der Waals surface area contributed by atoms with Crippen LogP contribution in [0.25, 0.3) is 0 Å².